The van der Waals surface area contributed by atoms with Crippen LogP contribution in [-0.2, 0) is 6.54 Å². The molecule has 1 heterocycles. The lowest BCUT2D eigenvalue weighted by atomic mass is 10.1. The number of benzene rings is 2. The van der Waals surface area contributed by atoms with Crippen molar-refractivity contribution in [2.75, 3.05) is 12.4 Å². The van der Waals surface area contributed by atoms with Crippen LogP contribution in [0.2, 0.25) is 0 Å². The van der Waals surface area contributed by atoms with Crippen LogP contribution in [0, 0.1) is 13.8 Å². The average molecular weight is 362 g/mol. The maximum Gasteiger partial charge on any atom is 0.254 e. The number of carbonyl (C=O) groups excluding carboxylic acids is 1. The first kappa shape index (κ1) is 18.4. The van der Waals surface area contributed by atoms with Crippen LogP contribution in [-0.4, -0.2) is 23.0 Å². The number of para-hydroxylation sites is 1. The average Bonchev–Trinajstić information content (AvgIpc) is 2.66. The van der Waals surface area contributed by atoms with E-state index < -0.39 is 0 Å². The lowest BCUT2D eigenvalue weighted by molar-refractivity contribution is 0.0950. The molecule has 0 bridgehead atoms. The van der Waals surface area contributed by atoms with E-state index in [9.17, 15) is 4.79 Å². The highest BCUT2D eigenvalue weighted by Gasteiger charge is 2.09. The summed E-state index contributed by atoms with van der Waals surface area (Å²) >= 11 is 0. The molecule has 27 heavy (non-hydrogen) atoms. The SMILES string of the molecule is COc1ccccc1CNC(=O)c1cnc(Nc2cc(C)cc(C)c2)nc1. The number of nitrogens with zero attached hydrogens (tertiary/aromatic N) is 2. The Labute approximate surface area is 158 Å². The van der Waals surface area contributed by atoms with E-state index >= 15 is 0 Å². The van der Waals surface area contributed by atoms with Crippen LogP contribution >= 0.6 is 0 Å². The first-order valence-electron chi connectivity index (χ1n) is 8.62. The van der Waals surface area contributed by atoms with Crippen LogP contribution in [0.4, 0.5) is 11.6 Å². The predicted molar refractivity (Wildman–Crippen MR) is 105 cm³/mol. The number of aromatic nitrogens is 2. The molecule has 0 saturated heterocycles. The minimum Gasteiger partial charge on any atom is -0.496 e. The Hall–Kier alpha value is -3.41. The molecule has 0 unspecified atom stereocenters. The van der Waals surface area contributed by atoms with E-state index in [-0.39, 0.29) is 5.91 Å². The number of hydrogen-bond acceptors (Lipinski definition) is 5. The summed E-state index contributed by atoms with van der Waals surface area (Å²) in [4.78, 5) is 20.8. The second kappa shape index (κ2) is 8.31. The zero-order valence-corrected chi connectivity index (χ0v) is 15.6. The molecule has 3 aromatic rings. The van der Waals surface area contributed by atoms with Gasteiger partial charge in [-0.3, -0.25) is 4.79 Å². The molecule has 3 rings (SSSR count). The van der Waals surface area contributed by atoms with Crippen LogP contribution in [0.15, 0.2) is 54.9 Å². The number of aryl methyl sites for hydroxylation is 2. The number of carbonyl (C=O) groups is 1. The van der Waals surface area contributed by atoms with Gasteiger partial charge in [-0.1, -0.05) is 24.3 Å². The molecular weight excluding hydrogens is 340 g/mol. The fourth-order valence-electron chi connectivity index (χ4n) is 2.81. The molecule has 1 aromatic heterocycles. The standard InChI is InChI=1S/C21H22N4O2/c1-14-8-15(2)10-18(9-14)25-21-23-12-17(13-24-21)20(26)22-11-16-6-4-5-7-19(16)27-3/h4-10,12-13H,11H2,1-3H3,(H,22,26)(H,23,24,25). The van der Waals surface area contributed by atoms with Crippen molar-refractivity contribution in [2.24, 2.45) is 0 Å². The second-order valence-corrected chi connectivity index (χ2v) is 6.29. The van der Waals surface area contributed by atoms with Gasteiger partial charge in [-0.05, 0) is 43.2 Å². The molecule has 2 N–H and O–H groups in total. The molecule has 0 aliphatic heterocycles. The Kier molecular flexibility index (Phi) is 5.66. The monoisotopic (exact) mass is 362 g/mol. The summed E-state index contributed by atoms with van der Waals surface area (Å²) in [5.41, 5.74) is 4.54. The maximum atomic E-state index is 12.3. The van der Waals surface area contributed by atoms with Crippen LogP contribution in [0.1, 0.15) is 27.0 Å². The van der Waals surface area contributed by atoms with Gasteiger partial charge in [0.25, 0.3) is 5.91 Å². The van der Waals surface area contributed by atoms with Crippen molar-refractivity contribution in [3.8, 4) is 5.75 Å². The minimum atomic E-state index is -0.237. The first-order valence-corrected chi connectivity index (χ1v) is 8.62. The molecule has 1 amide bonds. The zero-order valence-electron chi connectivity index (χ0n) is 15.6. The fourth-order valence-corrected chi connectivity index (χ4v) is 2.81. The molecule has 0 atom stereocenters. The third-order valence-corrected chi connectivity index (χ3v) is 4.02. The van der Waals surface area contributed by atoms with Crippen molar-refractivity contribution in [2.45, 2.75) is 20.4 Å². The molecular formula is C21H22N4O2. The van der Waals surface area contributed by atoms with E-state index in [1.165, 1.54) is 12.4 Å². The molecule has 6 nitrogen and oxygen atoms in total. The van der Waals surface area contributed by atoms with Crippen molar-refractivity contribution < 1.29 is 9.53 Å². The zero-order chi connectivity index (χ0) is 19.2. The van der Waals surface area contributed by atoms with E-state index in [2.05, 4.69) is 26.7 Å². The Morgan fingerprint density at radius 1 is 1.04 bits per heavy atom. The topological polar surface area (TPSA) is 76.1 Å². The van der Waals surface area contributed by atoms with Gasteiger partial charge in [0.2, 0.25) is 5.95 Å². The van der Waals surface area contributed by atoms with Gasteiger partial charge >= 0.3 is 0 Å². The Balaban J connectivity index is 1.63. The smallest absolute Gasteiger partial charge is 0.254 e. The number of ether oxygens (including phenoxy) is 1. The number of amides is 1. The maximum absolute atomic E-state index is 12.3. The fraction of sp³-hybridized carbons (Fsp3) is 0.190. The molecule has 0 aliphatic rings. The summed E-state index contributed by atoms with van der Waals surface area (Å²) in [5.74, 6) is 0.946. The van der Waals surface area contributed by atoms with Crippen molar-refractivity contribution in [1.29, 1.82) is 0 Å². The first-order chi connectivity index (χ1) is 13.0. The highest BCUT2D eigenvalue weighted by atomic mass is 16.5. The van der Waals surface area contributed by atoms with Crippen molar-refractivity contribution in [3.63, 3.8) is 0 Å². The lowest BCUT2D eigenvalue weighted by Crippen LogP contribution is -2.23. The van der Waals surface area contributed by atoms with E-state index in [1.54, 1.807) is 7.11 Å². The summed E-state index contributed by atoms with van der Waals surface area (Å²) < 4.78 is 5.29. The predicted octanol–water partition coefficient (Wildman–Crippen LogP) is 3.78. The summed E-state index contributed by atoms with van der Waals surface area (Å²) in [6.07, 6.45) is 3.02. The molecule has 138 valence electrons. The third kappa shape index (κ3) is 4.82. The van der Waals surface area contributed by atoms with Crippen molar-refractivity contribution in [1.82, 2.24) is 15.3 Å². The van der Waals surface area contributed by atoms with Crippen LogP contribution in [0.25, 0.3) is 0 Å². The quantitative estimate of drug-likeness (QED) is 0.698. The van der Waals surface area contributed by atoms with Gasteiger partial charge in [0.15, 0.2) is 0 Å². The largest absolute Gasteiger partial charge is 0.496 e. The minimum absolute atomic E-state index is 0.237. The lowest BCUT2D eigenvalue weighted by Gasteiger charge is -2.10. The van der Waals surface area contributed by atoms with Crippen molar-refractivity contribution in [3.05, 3.63) is 77.1 Å². The van der Waals surface area contributed by atoms with Gasteiger partial charge in [0, 0.05) is 30.2 Å². The molecule has 0 saturated carbocycles. The van der Waals surface area contributed by atoms with E-state index in [0.29, 0.717) is 18.1 Å². The number of anilines is 2. The Morgan fingerprint density at radius 3 is 2.37 bits per heavy atom. The Morgan fingerprint density at radius 2 is 1.70 bits per heavy atom. The van der Waals surface area contributed by atoms with Crippen LogP contribution in [0.5, 0.6) is 5.75 Å². The molecule has 0 aliphatic carbocycles. The summed E-state index contributed by atoms with van der Waals surface area (Å²) in [6.45, 7) is 4.44. The van der Waals surface area contributed by atoms with Gasteiger partial charge in [0.1, 0.15) is 5.75 Å². The van der Waals surface area contributed by atoms with Crippen LogP contribution < -0.4 is 15.4 Å². The number of rotatable bonds is 6. The van der Waals surface area contributed by atoms with Gasteiger partial charge < -0.3 is 15.4 Å². The van der Waals surface area contributed by atoms with Crippen LogP contribution in [0.3, 0.4) is 0 Å². The van der Waals surface area contributed by atoms with E-state index in [4.69, 9.17) is 4.74 Å². The number of hydrogen-bond donors (Lipinski definition) is 2. The van der Waals surface area contributed by atoms with E-state index in [0.717, 1.165) is 28.1 Å². The molecule has 0 fully saturated rings. The Bertz CT molecular complexity index is 919. The molecule has 6 heteroatoms. The normalized spacial score (nSPS) is 10.3. The highest BCUT2D eigenvalue weighted by Crippen LogP contribution is 2.18. The van der Waals surface area contributed by atoms with Gasteiger partial charge in [-0.15, -0.1) is 0 Å². The highest BCUT2D eigenvalue weighted by molar-refractivity contribution is 5.93. The molecule has 0 spiro atoms. The van der Waals surface area contributed by atoms with E-state index in [1.807, 2.05) is 50.2 Å². The second-order valence-electron chi connectivity index (χ2n) is 6.29. The number of nitrogens with one attached hydrogen (secondary N) is 2. The molecule has 2 aromatic carbocycles. The van der Waals surface area contributed by atoms with Gasteiger partial charge in [0.05, 0.1) is 12.7 Å². The summed E-state index contributed by atoms with van der Waals surface area (Å²) in [5, 5.41) is 6.01. The third-order valence-electron chi connectivity index (χ3n) is 4.02. The van der Waals surface area contributed by atoms with Gasteiger partial charge in [-0.25, -0.2) is 9.97 Å². The number of methoxy groups -OCH3 is 1. The van der Waals surface area contributed by atoms with Gasteiger partial charge in [-0.2, -0.15) is 0 Å². The summed E-state index contributed by atoms with van der Waals surface area (Å²) in [6, 6.07) is 13.7. The summed E-state index contributed by atoms with van der Waals surface area (Å²) in [7, 11) is 1.61. The van der Waals surface area contributed by atoms with Crippen molar-refractivity contribution >= 4 is 17.5 Å². The molecule has 0 radical (unpaired) electrons.